The minimum absolute atomic E-state index is 0.266. The summed E-state index contributed by atoms with van der Waals surface area (Å²) in [4.78, 5) is 21.5. The van der Waals surface area contributed by atoms with Gasteiger partial charge in [-0.25, -0.2) is 14.2 Å². The zero-order chi connectivity index (χ0) is 27.9. The molecule has 0 spiro atoms. The zero-order valence-corrected chi connectivity index (χ0v) is 23.2. The van der Waals surface area contributed by atoms with Gasteiger partial charge in [0.2, 0.25) is 0 Å². The number of fused-ring (bicyclic) bond motifs is 2. The van der Waals surface area contributed by atoms with E-state index >= 15 is 0 Å². The quantitative estimate of drug-likeness (QED) is 0.220. The van der Waals surface area contributed by atoms with Crippen LogP contribution in [0.15, 0.2) is 85.2 Å². The van der Waals surface area contributed by atoms with Gasteiger partial charge in [0.15, 0.2) is 0 Å². The molecule has 1 N–H and O–H groups in total. The van der Waals surface area contributed by atoms with Gasteiger partial charge in [0, 0.05) is 29.9 Å². The second-order valence-electron chi connectivity index (χ2n) is 10.8. The monoisotopic (exact) mass is 561 g/mol. The first-order valence-corrected chi connectivity index (χ1v) is 14.8. The maximum Gasteiger partial charge on any atom is 0.345 e. The van der Waals surface area contributed by atoms with E-state index in [1.54, 1.807) is 24.5 Å². The first kappa shape index (κ1) is 25.6. The van der Waals surface area contributed by atoms with Crippen LogP contribution in [0.25, 0.3) is 43.6 Å². The van der Waals surface area contributed by atoms with Gasteiger partial charge in [0.1, 0.15) is 10.7 Å². The Morgan fingerprint density at radius 1 is 0.927 bits per heavy atom. The lowest BCUT2D eigenvalue weighted by Gasteiger charge is -2.24. The van der Waals surface area contributed by atoms with Crippen molar-refractivity contribution in [2.24, 2.45) is 0 Å². The molecular weight excluding hydrogens is 533 g/mol. The second-order valence-corrected chi connectivity index (χ2v) is 11.8. The van der Waals surface area contributed by atoms with E-state index in [2.05, 4.69) is 33.8 Å². The zero-order valence-electron chi connectivity index (χ0n) is 22.4. The van der Waals surface area contributed by atoms with E-state index in [1.807, 2.05) is 24.3 Å². The number of rotatable bonds is 6. The van der Waals surface area contributed by atoms with Gasteiger partial charge < -0.3 is 9.67 Å². The SMILES string of the molecule is O=C(O)c1cc2c(s1)c(C1CCCCC1)c(-c1ccc3nc(-c4ccc(F)cc4)ccc3c1)n2Cc1ccncc1. The number of carboxylic acid groups (broad SMARTS) is 1. The van der Waals surface area contributed by atoms with Crippen molar-refractivity contribution >= 4 is 38.4 Å². The molecule has 4 aromatic heterocycles. The van der Waals surface area contributed by atoms with Crippen molar-refractivity contribution in [2.45, 2.75) is 44.6 Å². The highest BCUT2D eigenvalue weighted by atomic mass is 32.1. The predicted molar refractivity (Wildman–Crippen MR) is 162 cm³/mol. The minimum atomic E-state index is -0.883. The number of aromatic nitrogens is 3. The van der Waals surface area contributed by atoms with Gasteiger partial charge in [-0.2, -0.15) is 0 Å². The summed E-state index contributed by atoms with van der Waals surface area (Å²) in [6.45, 7) is 0.622. The van der Waals surface area contributed by atoms with Crippen molar-refractivity contribution in [2.75, 3.05) is 0 Å². The number of hydrogen-bond acceptors (Lipinski definition) is 4. The smallest absolute Gasteiger partial charge is 0.345 e. The van der Waals surface area contributed by atoms with E-state index in [1.165, 1.54) is 48.3 Å². The van der Waals surface area contributed by atoms with Crippen LogP contribution in [0.4, 0.5) is 4.39 Å². The Kier molecular flexibility index (Phi) is 6.59. The van der Waals surface area contributed by atoms with Gasteiger partial charge in [-0.3, -0.25) is 4.98 Å². The molecule has 1 fully saturated rings. The first-order valence-electron chi connectivity index (χ1n) is 14.0. The van der Waals surface area contributed by atoms with Gasteiger partial charge in [-0.15, -0.1) is 11.3 Å². The highest BCUT2D eigenvalue weighted by molar-refractivity contribution is 7.21. The van der Waals surface area contributed by atoms with E-state index < -0.39 is 5.97 Å². The Morgan fingerprint density at radius 2 is 1.68 bits per heavy atom. The highest BCUT2D eigenvalue weighted by Crippen LogP contribution is 2.47. The summed E-state index contributed by atoms with van der Waals surface area (Å²) in [5.74, 6) is -0.764. The average molecular weight is 562 g/mol. The molecule has 0 aliphatic heterocycles. The van der Waals surface area contributed by atoms with Crippen LogP contribution in [0.3, 0.4) is 0 Å². The molecule has 0 saturated heterocycles. The number of aromatic carboxylic acids is 1. The van der Waals surface area contributed by atoms with Crippen molar-refractivity contribution in [1.29, 1.82) is 0 Å². The third-order valence-electron chi connectivity index (χ3n) is 8.19. The molecule has 7 heteroatoms. The minimum Gasteiger partial charge on any atom is -0.477 e. The van der Waals surface area contributed by atoms with Crippen molar-refractivity contribution < 1.29 is 14.3 Å². The molecule has 41 heavy (non-hydrogen) atoms. The van der Waals surface area contributed by atoms with E-state index in [0.717, 1.165) is 62.0 Å². The molecule has 1 saturated carbocycles. The fourth-order valence-corrected chi connectivity index (χ4v) is 7.35. The van der Waals surface area contributed by atoms with Crippen molar-refractivity contribution in [3.63, 3.8) is 0 Å². The lowest BCUT2D eigenvalue weighted by molar-refractivity contribution is 0.0702. The lowest BCUT2D eigenvalue weighted by Crippen LogP contribution is -2.08. The van der Waals surface area contributed by atoms with Crippen LogP contribution in [0.1, 0.15) is 58.8 Å². The molecule has 1 aliphatic rings. The highest BCUT2D eigenvalue weighted by Gasteiger charge is 2.29. The molecule has 6 aromatic rings. The van der Waals surface area contributed by atoms with E-state index in [9.17, 15) is 14.3 Å². The molecule has 0 amide bonds. The number of hydrogen-bond donors (Lipinski definition) is 1. The van der Waals surface area contributed by atoms with Gasteiger partial charge >= 0.3 is 5.97 Å². The fourth-order valence-electron chi connectivity index (χ4n) is 6.22. The third-order valence-corrected chi connectivity index (χ3v) is 9.34. The normalized spacial score (nSPS) is 14.2. The Hall–Kier alpha value is -4.36. The summed E-state index contributed by atoms with van der Waals surface area (Å²) < 4.78 is 16.9. The summed E-state index contributed by atoms with van der Waals surface area (Å²) in [5, 5.41) is 10.9. The molecule has 7 rings (SSSR count). The van der Waals surface area contributed by atoms with Gasteiger partial charge in [0.05, 0.1) is 27.1 Å². The Balaban J connectivity index is 1.42. The fraction of sp³-hybridized carbons (Fsp3) is 0.206. The summed E-state index contributed by atoms with van der Waals surface area (Å²) >= 11 is 1.40. The molecule has 0 atom stereocenters. The molecular formula is C34H28FN3O2S. The average Bonchev–Trinajstić information content (AvgIpc) is 3.56. The second kappa shape index (κ2) is 10.6. The van der Waals surface area contributed by atoms with Crippen LogP contribution in [-0.2, 0) is 6.54 Å². The summed E-state index contributed by atoms with van der Waals surface area (Å²) in [6, 6.07) is 22.7. The predicted octanol–water partition coefficient (Wildman–Crippen LogP) is 8.91. The number of carbonyl (C=O) groups is 1. The van der Waals surface area contributed by atoms with Crippen molar-refractivity contribution in [3.05, 3.63) is 107 Å². The van der Waals surface area contributed by atoms with E-state index in [4.69, 9.17) is 4.98 Å². The number of benzene rings is 2. The molecule has 204 valence electrons. The van der Waals surface area contributed by atoms with E-state index in [-0.39, 0.29) is 5.82 Å². The number of pyridine rings is 2. The lowest BCUT2D eigenvalue weighted by atomic mass is 9.83. The van der Waals surface area contributed by atoms with Crippen LogP contribution in [0, 0.1) is 5.82 Å². The summed E-state index contributed by atoms with van der Waals surface area (Å²) in [7, 11) is 0. The maximum absolute atomic E-state index is 13.5. The summed E-state index contributed by atoms with van der Waals surface area (Å²) in [6.07, 6.45) is 9.44. The molecule has 4 heterocycles. The molecule has 2 aromatic carbocycles. The molecule has 0 radical (unpaired) electrons. The van der Waals surface area contributed by atoms with Gasteiger partial charge in [0.25, 0.3) is 0 Å². The molecule has 5 nitrogen and oxygen atoms in total. The van der Waals surface area contributed by atoms with Crippen LogP contribution >= 0.6 is 11.3 Å². The van der Waals surface area contributed by atoms with Crippen LogP contribution in [0.2, 0.25) is 0 Å². The molecule has 0 bridgehead atoms. The van der Waals surface area contributed by atoms with E-state index in [0.29, 0.717) is 17.3 Å². The summed E-state index contributed by atoms with van der Waals surface area (Å²) in [5.41, 5.74) is 8.18. The van der Waals surface area contributed by atoms with Crippen LogP contribution in [0.5, 0.6) is 0 Å². The topological polar surface area (TPSA) is 68.0 Å². The van der Waals surface area contributed by atoms with Gasteiger partial charge in [-0.05, 0) is 96.1 Å². The number of halogens is 1. The molecule has 1 aliphatic carbocycles. The van der Waals surface area contributed by atoms with Crippen LogP contribution in [-0.4, -0.2) is 25.6 Å². The Labute approximate surface area is 240 Å². The third kappa shape index (κ3) is 4.80. The standard InChI is InChI=1S/C34H28FN3O2S/c35-26-10-6-22(7-11-26)27-12-8-24-18-25(9-13-28(24)37-27)32-31(23-4-2-1-3-5-23)33-29(19-30(41-33)34(39)40)38(32)20-21-14-16-36-17-15-21/h6-19,23H,1-5,20H2,(H,39,40). The Morgan fingerprint density at radius 3 is 2.44 bits per heavy atom. The maximum atomic E-state index is 13.5. The van der Waals surface area contributed by atoms with Gasteiger partial charge in [-0.1, -0.05) is 31.4 Å². The van der Waals surface area contributed by atoms with Crippen molar-refractivity contribution in [3.8, 4) is 22.5 Å². The number of carboxylic acids is 1. The molecule has 0 unspecified atom stereocenters. The van der Waals surface area contributed by atoms with Crippen LogP contribution < -0.4 is 0 Å². The number of thiophene rings is 1. The number of nitrogens with zero attached hydrogens (tertiary/aromatic N) is 3. The van der Waals surface area contributed by atoms with Crippen molar-refractivity contribution in [1.82, 2.24) is 14.5 Å². The Bertz CT molecular complexity index is 1890. The first-order chi connectivity index (χ1) is 20.0. The largest absolute Gasteiger partial charge is 0.477 e.